The van der Waals surface area contributed by atoms with Crippen molar-refractivity contribution in [1.29, 1.82) is 0 Å². The summed E-state index contributed by atoms with van der Waals surface area (Å²) in [6.07, 6.45) is 12.7. The fourth-order valence-corrected chi connectivity index (χ4v) is 6.84. The van der Waals surface area contributed by atoms with E-state index in [0.717, 1.165) is 25.0 Å². The number of ether oxygens (including phenoxy) is 13. The van der Waals surface area contributed by atoms with Crippen LogP contribution in [0.5, 0.6) is 0 Å². The number of hydrogen-bond donors (Lipinski definition) is 1. The van der Waals surface area contributed by atoms with E-state index in [0.29, 0.717) is 151 Å². The van der Waals surface area contributed by atoms with Gasteiger partial charge in [-0.1, -0.05) is 102 Å². The van der Waals surface area contributed by atoms with Gasteiger partial charge in [-0.05, 0) is 36.8 Å². The first-order valence-electron chi connectivity index (χ1n) is 26.5. The molecule has 0 spiro atoms. The van der Waals surface area contributed by atoms with Crippen LogP contribution in [0.1, 0.15) is 113 Å². The van der Waals surface area contributed by atoms with Gasteiger partial charge in [0.05, 0.1) is 162 Å². The van der Waals surface area contributed by atoms with Crippen LogP contribution in [-0.4, -0.2) is 171 Å². The summed E-state index contributed by atoms with van der Waals surface area (Å²) in [4.78, 5) is 24.5. The van der Waals surface area contributed by atoms with E-state index >= 15 is 0 Å². The molecule has 1 N–H and O–H groups in total. The summed E-state index contributed by atoms with van der Waals surface area (Å²) in [5.41, 5.74) is -0.104. The van der Waals surface area contributed by atoms with Gasteiger partial charge in [0.1, 0.15) is 13.2 Å². The minimum absolute atomic E-state index is 0.00791. The zero-order chi connectivity index (χ0) is 52.4. The van der Waals surface area contributed by atoms with Gasteiger partial charge < -0.3 is 66.9 Å². The highest BCUT2D eigenvalue weighted by Gasteiger charge is 2.30. The maximum Gasteiger partial charge on any atom is 0.416 e. The highest BCUT2D eigenvalue weighted by atomic mass is 19.4. The van der Waals surface area contributed by atoms with Gasteiger partial charge in [-0.2, -0.15) is 13.2 Å². The number of rotatable bonds is 53. The van der Waals surface area contributed by atoms with Crippen molar-refractivity contribution in [2.75, 3.05) is 164 Å². The molecule has 2 rings (SSSR count). The lowest BCUT2D eigenvalue weighted by Crippen LogP contribution is -2.16. The third-order valence-corrected chi connectivity index (χ3v) is 10.8. The molecule has 0 bridgehead atoms. The van der Waals surface area contributed by atoms with Crippen molar-refractivity contribution in [3.05, 3.63) is 59.7 Å². The van der Waals surface area contributed by atoms with Gasteiger partial charge >= 0.3 is 18.1 Å². The van der Waals surface area contributed by atoms with Gasteiger partial charge in [-0.15, -0.1) is 0 Å². The summed E-state index contributed by atoms with van der Waals surface area (Å²) < 4.78 is 110. The van der Waals surface area contributed by atoms with Crippen molar-refractivity contribution in [3.8, 4) is 0 Å². The van der Waals surface area contributed by atoms with E-state index in [1.165, 1.54) is 88.8 Å². The molecule has 0 saturated carbocycles. The summed E-state index contributed by atoms with van der Waals surface area (Å²) in [7, 11) is 0. The molecule has 0 aliphatic rings. The lowest BCUT2D eigenvalue weighted by atomic mass is 10.0. The third kappa shape index (κ3) is 40.5. The fourth-order valence-electron chi connectivity index (χ4n) is 6.84. The SMILES string of the molecule is CCCCCCCCCCCCCCCC(=O)OCCOCCOCCOCCOCCOCCOCCOCCOCCOCCOCCOCCOC(=O)c1ccccc1Nc1cccc(C(F)(F)F)c1. The lowest BCUT2D eigenvalue weighted by molar-refractivity contribution is -0.145. The van der Waals surface area contributed by atoms with E-state index in [9.17, 15) is 22.8 Å². The van der Waals surface area contributed by atoms with Crippen LogP contribution in [0.4, 0.5) is 24.5 Å². The number of alkyl halides is 3. The Morgan fingerprint density at radius 2 is 0.753 bits per heavy atom. The van der Waals surface area contributed by atoms with Gasteiger partial charge in [-0.25, -0.2) is 4.79 Å². The molecule has 0 amide bonds. The number of anilines is 2. The molecule has 0 aromatic heterocycles. The van der Waals surface area contributed by atoms with Crippen molar-refractivity contribution in [3.63, 3.8) is 0 Å². The zero-order valence-electron chi connectivity index (χ0n) is 43.7. The molecule has 73 heavy (non-hydrogen) atoms. The Morgan fingerprint density at radius 3 is 1.14 bits per heavy atom. The van der Waals surface area contributed by atoms with Gasteiger partial charge in [-0.3, -0.25) is 4.79 Å². The number of hydrogen-bond acceptors (Lipinski definition) is 16. The van der Waals surface area contributed by atoms with Crippen LogP contribution in [-0.2, 0) is 72.6 Å². The van der Waals surface area contributed by atoms with Crippen LogP contribution >= 0.6 is 0 Å². The molecule has 19 heteroatoms. The number of unbranched alkanes of at least 4 members (excludes halogenated alkanes) is 12. The number of esters is 2. The van der Waals surface area contributed by atoms with Gasteiger partial charge in [0.25, 0.3) is 0 Å². The predicted molar refractivity (Wildman–Crippen MR) is 272 cm³/mol. The van der Waals surface area contributed by atoms with Crippen LogP contribution in [0.15, 0.2) is 48.5 Å². The average Bonchev–Trinajstić information content (AvgIpc) is 3.38. The Hall–Kier alpha value is -3.47. The number of halogens is 3. The molecule has 420 valence electrons. The second-order valence-corrected chi connectivity index (χ2v) is 16.8. The van der Waals surface area contributed by atoms with Crippen LogP contribution in [0.2, 0.25) is 0 Å². The van der Waals surface area contributed by atoms with Crippen LogP contribution in [0.3, 0.4) is 0 Å². The van der Waals surface area contributed by atoms with E-state index in [-0.39, 0.29) is 37.0 Å². The van der Waals surface area contributed by atoms with Crippen molar-refractivity contribution in [2.24, 2.45) is 0 Å². The number of carbonyl (C=O) groups is 2. The molecule has 0 radical (unpaired) electrons. The van der Waals surface area contributed by atoms with Crippen LogP contribution < -0.4 is 5.32 Å². The monoisotopic (exact) mass is 1050 g/mol. The topological polar surface area (TPSA) is 166 Å². The minimum Gasteiger partial charge on any atom is -0.463 e. The molecular formula is C54H88F3NO15. The summed E-state index contributed by atoms with van der Waals surface area (Å²) in [5.74, 6) is -0.778. The fraction of sp³-hybridized carbons (Fsp3) is 0.741. The quantitative estimate of drug-likeness (QED) is 0.0491. The largest absolute Gasteiger partial charge is 0.463 e. The highest BCUT2D eigenvalue weighted by molar-refractivity contribution is 5.96. The van der Waals surface area contributed by atoms with Crippen LogP contribution in [0, 0.1) is 0 Å². The predicted octanol–water partition coefficient (Wildman–Crippen LogP) is 9.81. The summed E-state index contributed by atoms with van der Waals surface area (Å²) in [6, 6.07) is 11.1. The molecular weight excluding hydrogens is 960 g/mol. The lowest BCUT2D eigenvalue weighted by Gasteiger charge is -2.13. The maximum atomic E-state index is 13.1. The van der Waals surface area contributed by atoms with Crippen molar-refractivity contribution in [1.82, 2.24) is 0 Å². The summed E-state index contributed by atoms with van der Waals surface area (Å²) >= 11 is 0. The van der Waals surface area contributed by atoms with E-state index in [1.807, 2.05) is 0 Å². The van der Waals surface area contributed by atoms with Gasteiger partial charge in [0, 0.05) is 12.1 Å². The normalized spacial score (nSPS) is 11.6. The van der Waals surface area contributed by atoms with Gasteiger partial charge in [0.15, 0.2) is 0 Å². The molecule has 0 aliphatic carbocycles. The second kappa shape index (κ2) is 48.2. The van der Waals surface area contributed by atoms with Gasteiger partial charge in [0.2, 0.25) is 0 Å². The zero-order valence-corrected chi connectivity index (χ0v) is 43.7. The Morgan fingerprint density at radius 1 is 0.411 bits per heavy atom. The first-order chi connectivity index (χ1) is 35.8. The Bertz CT molecular complexity index is 1580. The second-order valence-electron chi connectivity index (χ2n) is 16.8. The minimum atomic E-state index is -4.48. The van der Waals surface area contributed by atoms with Crippen molar-refractivity contribution < 1.29 is 84.3 Å². The third-order valence-electron chi connectivity index (χ3n) is 10.8. The Balaban J connectivity index is 1.20. The molecule has 16 nitrogen and oxygen atoms in total. The van der Waals surface area contributed by atoms with E-state index in [2.05, 4.69) is 12.2 Å². The summed E-state index contributed by atoms with van der Waals surface area (Å²) in [5, 5.41) is 2.86. The molecule has 0 unspecified atom stereocenters. The van der Waals surface area contributed by atoms with Crippen molar-refractivity contribution >= 4 is 23.3 Å². The summed E-state index contributed by atoms with van der Waals surface area (Å²) in [6.45, 7) is 11.7. The number of nitrogens with one attached hydrogen (secondary N) is 1. The number of para-hydroxylation sites is 1. The first-order valence-corrected chi connectivity index (χ1v) is 26.5. The standard InChI is InChI=1S/C54H88F3NO15/c1-2-3-4-5-6-7-8-9-10-11-12-13-14-22-52(59)72-45-43-70-41-39-68-37-35-66-33-31-64-29-27-62-25-23-61-24-26-63-28-30-65-32-34-67-36-38-69-40-42-71-44-46-73-53(60)50-20-15-16-21-51(50)58-49-19-17-18-48(47-49)54(55,56)57/h15-21,47,58H,2-14,22-46H2,1H3. The van der Waals surface area contributed by atoms with Crippen molar-refractivity contribution in [2.45, 2.75) is 103 Å². The Kier molecular flexibility index (Phi) is 43.3. The smallest absolute Gasteiger partial charge is 0.416 e. The highest BCUT2D eigenvalue weighted by Crippen LogP contribution is 2.32. The number of benzene rings is 2. The van der Waals surface area contributed by atoms with E-state index in [1.54, 1.807) is 18.2 Å². The molecule has 2 aromatic rings. The first kappa shape index (κ1) is 65.6. The van der Waals surface area contributed by atoms with E-state index in [4.69, 9.17) is 61.6 Å². The molecule has 0 aliphatic heterocycles. The van der Waals surface area contributed by atoms with Crippen LogP contribution in [0.25, 0.3) is 0 Å². The maximum absolute atomic E-state index is 13.1. The Labute approximate surface area is 433 Å². The molecule has 2 aromatic carbocycles. The molecule has 0 atom stereocenters. The molecule has 0 saturated heterocycles. The average molecular weight is 1050 g/mol. The van der Waals surface area contributed by atoms with E-state index < -0.39 is 17.7 Å². The molecule has 0 heterocycles. The molecule has 0 fully saturated rings. The number of carbonyl (C=O) groups excluding carboxylic acids is 2.